The number of ether oxygens (including phenoxy) is 1. The molecule has 1 saturated carbocycles. The lowest BCUT2D eigenvalue weighted by Crippen LogP contribution is -2.56. The molecule has 1 amide bonds. The molecule has 1 heterocycles. The van der Waals surface area contributed by atoms with Gasteiger partial charge >= 0.3 is 0 Å². The number of aliphatic hydroxyl groups is 1. The Kier molecular flexibility index (Phi) is 4.81. The fourth-order valence-corrected chi connectivity index (χ4v) is 3.58. The summed E-state index contributed by atoms with van der Waals surface area (Å²) in [5.41, 5.74) is 0.934. The Morgan fingerprint density at radius 2 is 2.07 bits per heavy atom. The highest BCUT2D eigenvalue weighted by atomic mass is 19.1. The van der Waals surface area contributed by atoms with Gasteiger partial charge in [-0.15, -0.1) is 0 Å². The zero-order chi connectivity index (χ0) is 19.7. The van der Waals surface area contributed by atoms with E-state index in [1.165, 1.54) is 6.07 Å². The number of aryl methyl sites for hydroxylation is 1. The van der Waals surface area contributed by atoms with Gasteiger partial charge < -0.3 is 19.6 Å². The highest BCUT2D eigenvalue weighted by Crippen LogP contribution is 2.34. The van der Waals surface area contributed by atoms with Crippen LogP contribution in [0.15, 0.2) is 46.9 Å². The largest absolute Gasteiger partial charge is 0.489 e. The second-order valence-corrected chi connectivity index (χ2v) is 7.32. The third kappa shape index (κ3) is 3.36. The number of halogens is 1. The van der Waals surface area contributed by atoms with E-state index in [2.05, 4.69) is 5.32 Å². The first-order valence-corrected chi connectivity index (χ1v) is 9.34. The molecule has 1 fully saturated rings. The van der Waals surface area contributed by atoms with Crippen molar-refractivity contribution in [3.8, 4) is 5.75 Å². The minimum Gasteiger partial charge on any atom is -0.489 e. The summed E-state index contributed by atoms with van der Waals surface area (Å²) in [6, 6.07) is 11.6. The summed E-state index contributed by atoms with van der Waals surface area (Å²) in [6.07, 6.45) is 2.52. The molecular formula is C22H22FNO4. The number of rotatable bonds is 6. The van der Waals surface area contributed by atoms with Crippen molar-refractivity contribution in [2.45, 2.75) is 38.3 Å². The number of fused-ring (bicyclic) bond motifs is 1. The summed E-state index contributed by atoms with van der Waals surface area (Å²) >= 11 is 0. The van der Waals surface area contributed by atoms with Gasteiger partial charge in [0.25, 0.3) is 5.91 Å². The molecule has 1 aliphatic carbocycles. The van der Waals surface area contributed by atoms with Crippen LogP contribution < -0.4 is 10.1 Å². The van der Waals surface area contributed by atoms with E-state index in [9.17, 15) is 14.3 Å². The number of hydrogen-bond donors (Lipinski definition) is 2. The molecule has 0 radical (unpaired) electrons. The predicted octanol–water partition coefficient (Wildman–Crippen LogP) is 4.10. The molecule has 0 spiro atoms. The molecule has 2 aromatic carbocycles. The van der Waals surface area contributed by atoms with E-state index in [0.29, 0.717) is 33.6 Å². The molecule has 2 N–H and O–H groups in total. The molecule has 6 heteroatoms. The summed E-state index contributed by atoms with van der Waals surface area (Å²) in [7, 11) is 0. The maximum absolute atomic E-state index is 13.8. The molecule has 3 aromatic rings. The molecule has 146 valence electrons. The van der Waals surface area contributed by atoms with E-state index in [4.69, 9.17) is 9.15 Å². The van der Waals surface area contributed by atoms with Crippen molar-refractivity contribution < 1.29 is 23.4 Å². The van der Waals surface area contributed by atoms with Crippen LogP contribution in [0.5, 0.6) is 5.75 Å². The quantitative estimate of drug-likeness (QED) is 0.672. The number of carbonyl (C=O) groups is 1. The number of benzene rings is 2. The number of furan rings is 1. The van der Waals surface area contributed by atoms with Gasteiger partial charge in [-0.05, 0) is 50.5 Å². The average molecular weight is 383 g/mol. The Hall–Kier alpha value is -2.86. The van der Waals surface area contributed by atoms with Crippen LogP contribution in [0.3, 0.4) is 0 Å². The molecule has 0 unspecified atom stereocenters. The van der Waals surface area contributed by atoms with Gasteiger partial charge in [0, 0.05) is 10.9 Å². The molecule has 0 saturated heterocycles. The van der Waals surface area contributed by atoms with E-state index < -0.39 is 5.54 Å². The zero-order valence-electron chi connectivity index (χ0n) is 15.6. The van der Waals surface area contributed by atoms with Crippen molar-refractivity contribution in [2.24, 2.45) is 0 Å². The van der Waals surface area contributed by atoms with E-state index in [-0.39, 0.29) is 24.9 Å². The summed E-state index contributed by atoms with van der Waals surface area (Å²) in [6.45, 7) is 1.75. The van der Waals surface area contributed by atoms with Gasteiger partial charge in [0.1, 0.15) is 29.5 Å². The van der Waals surface area contributed by atoms with Gasteiger partial charge in [-0.2, -0.15) is 0 Å². The van der Waals surface area contributed by atoms with Gasteiger partial charge in [-0.25, -0.2) is 4.39 Å². The fourth-order valence-electron chi connectivity index (χ4n) is 3.58. The molecule has 0 bridgehead atoms. The van der Waals surface area contributed by atoms with Crippen LogP contribution in [-0.4, -0.2) is 23.2 Å². The van der Waals surface area contributed by atoms with Crippen molar-refractivity contribution in [2.75, 3.05) is 6.61 Å². The van der Waals surface area contributed by atoms with Crippen molar-refractivity contribution in [1.82, 2.24) is 5.32 Å². The van der Waals surface area contributed by atoms with Crippen LogP contribution in [0.1, 0.15) is 40.9 Å². The predicted molar refractivity (Wildman–Crippen MR) is 103 cm³/mol. The number of carbonyl (C=O) groups excluding carboxylic acids is 1. The molecule has 4 rings (SSSR count). The zero-order valence-corrected chi connectivity index (χ0v) is 15.6. The summed E-state index contributed by atoms with van der Waals surface area (Å²) in [4.78, 5) is 12.9. The van der Waals surface area contributed by atoms with E-state index >= 15 is 0 Å². The molecular weight excluding hydrogens is 361 g/mol. The van der Waals surface area contributed by atoms with Crippen molar-refractivity contribution >= 4 is 16.9 Å². The van der Waals surface area contributed by atoms with E-state index in [1.54, 1.807) is 43.3 Å². The number of aliphatic hydroxyl groups excluding tert-OH is 1. The number of hydrogen-bond acceptors (Lipinski definition) is 4. The molecule has 1 aliphatic rings. The molecule has 28 heavy (non-hydrogen) atoms. The maximum atomic E-state index is 13.8. The lowest BCUT2D eigenvalue weighted by atomic mass is 9.77. The smallest absolute Gasteiger partial charge is 0.255 e. The highest BCUT2D eigenvalue weighted by molar-refractivity contribution is 6.07. The van der Waals surface area contributed by atoms with Crippen LogP contribution in [0.4, 0.5) is 4.39 Å². The van der Waals surface area contributed by atoms with Crippen LogP contribution in [0, 0.1) is 12.7 Å². The van der Waals surface area contributed by atoms with Crippen molar-refractivity contribution in [3.63, 3.8) is 0 Å². The van der Waals surface area contributed by atoms with E-state index in [0.717, 1.165) is 19.3 Å². The van der Waals surface area contributed by atoms with Crippen LogP contribution in [0.2, 0.25) is 0 Å². The average Bonchev–Trinajstić information content (AvgIpc) is 2.99. The number of amides is 1. The van der Waals surface area contributed by atoms with Gasteiger partial charge in [-0.1, -0.05) is 18.2 Å². The second-order valence-electron chi connectivity index (χ2n) is 7.32. The standard InChI is InChI=1S/C22H22FNO4/c1-14-20(21(26)24-22(13-25)9-4-10-22)17-11-16(7-8-19(17)28-14)27-12-15-5-2-3-6-18(15)23/h2-3,5-8,11,25H,4,9-10,12-13H2,1H3,(H,24,26). The van der Waals surface area contributed by atoms with Crippen LogP contribution in [0.25, 0.3) is 11.0 Å². The lowest BCUT2D eigenvalue weighted by molar-refractivity contribution is 0.0641. The Labute approximate surface area is 162 Å². The Morgan fingerprint density at radius 3 is 2.75 bits per heavy atom. The summed E-state index contributed by atoms with van der Waals surface area (Å²) in [5.74, 6) is 0.436. The van der Waals surface area contributed by atoms with Crippen molar-refractivity contribution in [3.05, 3.63) is 65.2 Å². The molecule has 0 atom stereocenters. The van der Waals surface area contributed by atoms with Gasteiger partial charge in [0.2, 0.25) is 0 Å². The Bertz CT molecular complexity index is 1020. The first-order valence-electron chi connectivity index (χ1n) is 9.34. The maximum Gasteiger partial charge on any atom is 0.255 e. The third-order valence-electron chi connectivity index (χ3n) is 5.41. The fraction of sp³-hybridized carbons (Fsp3) is 0.318. The molecule has 1 aromatic heterocycles. The second kappa shape index (κ2) is 7.28. The Balaban J connectivity index is 1.59. The summed E-state index contributed by atoms with van der Waals surface area (Å²) < 4.78 is 25.2. The summed E-state index contributed by atoms with van der Waals surface area (Å²) in [5, 5.41) is 13.2. The van der Waals surface area contributed by atoms with E-state index in [1.807, 2.05) is 0 Å². The minimum absolute atomic E-state index is 0.0788. The molecule has 0 aliphatic heterocycles. The van der Waals surface area contributed by atoms with Crippen molar-refractivity contribution in [1.29, 1.82) is 0 Å². The Morgan fingerprint density at radius 1 is 1.29 bits per heavy atom. The normalized spacial score (nSPS) is 15.2. The first-order chi connectivity index (χ1) is 13.5. The van der Waals surface area contributed by atoms with Crippen LogP contribution >= 0.6 is 0 Å². The number of nitrogens with one attached hydrogen (secondary N) is 1. The van der Waals surface area contributed by atoms with Gasteiger partial charge in [0.05, 0.1) is 17.7 Å². The van der Waals surface area contributed by atoms with Crippen LogP contribution in [-0.2, 0) is 6.61 Å². The SMILES string of the molecule is Cc1oc2ccc(OCc3ccccc3F)cc2c1C(=O)NC1(CO)CCC1. The lowest BCUT2D eigenvalue weighted by Gasteiger charge is -2.40. The minimum atomic E-state index is -0.536. The monoisotopic (exact) mass is 383 g/mol. The topological polar surface area (TPSA) is 71.7 Å². The molecule has 5 nitrogen and oxygen atoms in total. The van der Waals surface area contributed by atoms with Gasteiger partial charge in [-0.3, -0.25) is 4.79 Å². The van der Waals surface area contributed by atoms with Gasteiger partial charge in [0.15, 0.2) is 0 Å². The highest BCUT2D eigenvalue weighted by Gasteiger charge is 2.38. The first kappa shape index (κ1) is 18.5. The third-order valence-corrected chi connectivity index (χ3v) is 5.41.